The summed E-state index contributed by atoms with van der Waals surface area (Å²) in [5.41, 5.74) is -0.500. The zero-order valence-electron chi connectivity index (χ0n) is 11.6. The predicted octanol–water partition coefficient (Wildman–Crippen LogP) is 0.721. The molecule has 0 atom stereocenters. The summed E-state index contributed by atoms with van der Waals surface area (Å²) >= 11 is 1.07. The van der Waals surface area contributed by atoms with Crippen LogP contribution in [-0.2, 0) is 13.6 Å². The number of amides is 1. The van der Waals surface area contributed by atoms with Crippen LogP contribution in [0.1, 0.15) is 31.7 Å². The number of carboxylic acid groups (broad SMARTS) is 1. The molecule has 0 fully saturated rings. The summed E-state index contributed by atoms with van der Waals surface area (Å²) in [5, 5.41) is 27.8. The van der Waals surface area contributed by atoms with Crippen LogP contribution in [0.25, 0.3) is 0 Å². The van der Waals surface area contributed by atoms with Crippen molar-refractivity contribution in [1.82, 2.24) is 20.1 Å². The fraction of sp³-hybridized carbons (Fsp3) is 0.273. The minimum atomic E-state index is -1.16. The first-order valence-electron chi connectivity index (χ1n) is 5.95. The Balaban J connectivity index is 2.16. The van der Waals surface area contributed by atoms with Gasteiger partial charge in [0, 0.05) is 12.4 Å². The lowest BCUT2D eigenvalue weighted by Gasteiger charge is -2.03. The van der Waals surface area contributed by atoms with Gasteiger partial charge in [-0.1, -0.05) is 0 Å². The standard InChI is InChI=1S/C11H11N5O5S/c1-5-8(16(20)21)9(15(2)14-5)10(17)12-3-7-13-6(4-22-7)11(18)19/h4H,3H2,1-2H3,(H,12,17)(H,18,19). The lowest BCUT2D eigenvalue weighted by atomic mass is 10.3. The van der Waals surface area contributed by atoms with Crippen molar-refractivity contribution < 1.29 is 19.6 Å². The maximum Gasteiger partial charge on any atom is 0.355 e. The van der Waals surface area contributed by atoms with Crippen molar-refractivity contribution in [3.05, 3.63) is 37.6 Å². The van der Waals surface area contributed by atoms with E-state index < -0.39 is 16.8 Å². The number of thiazole rings is 1. The zero-order chi connectivity index (χ0) is 16.4. The minimum absolute atomic E-state index is 0.0296. The van der Waals surface area contributed by atoms with Crippen molar-refractivity contribution in [3.63, 3.8) is 0 Å². The van der Waals surface area contributed by atoms with E-state index in [-0.39, 0.29) is 29.3 Å². The first-order chi connectivity index (χ1) is 10.3. The monoisotopic (exact) mass is 325 g/mol. The van der Waals surface area contributed by atoms with Gasteiger partial charge in [-0.2, -0.15) is 5.10 Å². The summed E-state index contributed by atoms with van der Waals surface area (Å²) in [6.45, 7) is 1.41. The van der Waals surface area contributed by atoms with E-state index in [1.54, 1.807) is 0 Å². The number of hydrogen-bond donors (Lipinski definition) is 2. The van der Waals surface area contributed by atoms with Crippen LogP contribution in [0.5, 0.6) is 0 Å². The number of nitrogens with one attached hydrogen (secondary N) is 1. The molecule has 0 spiro atoms. The highest BCUT2D eigenvalue weighted by Crippen LogP contribution is 2.22. The average molecular weight is 325 g/mol. The molecule has 2 heterocycles. The SMILES string of the molecule is Cc1nn(C)c(C(=O)NCc2nc(C(=O)O)cs2)c1[N+](=O)[O-]. The molecule has 0 radical (unpaired) electrons. The van der Waals surface area contributed by atoms with Gasteiger partial charge >= 0.3 is 11.7 Å². The molecule has 22 heavy (non-hydrogen) atoms. The molecule has 116 valence electrons. The van der Waals surface area contributed by atoms with E-state index in [9.17, 15) is 19.7 Å². The molecule has 2 aromatic rings. The summed E-state index contributed by atoms with van der Waals surface area (Å²) < 4.78 is 1.13. The Labute approximate surface area is 127 Å². The van der Waals surface area contributed by atoms with Crippen molar-refractivity contribution >= 4 is 28.9 Å². The van der Waals surface area contributed by atoms with Gasteiger partial charge in [-0.15, -0.1) is 11.3 Å². The molecule has 0 saturated heterocycles. The van der Waals surface area contributed by atoms with Gasteiger partial charge in [0.25, 0.3) is 5.91 Å². The van der Waals surface area contributed by atoms with E-state index in [2.05, 4.69) is 15.4 Å². The van der Waals surface area contributed by atoms with E-state index in [0.717, 1.165) is 16.0 Å². The first kappa shape index (κ1) is 15.6. The summed E-state index contributed by atoms with van der Waals surface area (Å²) in [7, 11) is 1.43. The molecule has 0 saturated carbocycles. The van der Waals surface area contributed by atoms with Crippen LogP contribution in [0, 0.1) is 17.0 Å². The molecule has 0 aliphatic rings. The summed E-state index contributed by atoms with van der Waals surface area (Å²) in [5.74, 6) is -1.84. The Morgan fingerprint density at radius 3 is 2.77 bits per heavy atom. The molecule has 0 aliphatic carbocycles. The van der Waals surface area contributed by atoms with Gasteiger partial charge in [0.2, 0.25) is 5.69 Å². The molecular formula is C11H11N5O5S. The third-order valence-corrected chi connectivity index (χ3v) is 3.61. The van der Waals surface area contributed by atoms with E-state index in [0.29, 0.717) is 5.01 Å². The lowest BCUT2D eigenvalue weighted by molar-refractivity contribution is -0.385. The molecule has 10 nitrogen and oxygen atoms in total. The maximum absolute atomic E-state index is 12.1. The normalized spacial score (nSPS) is 10.5. The largest absolute Gasteiger partial charge is 0.476 e. The fourth-order valence-electron chi connectivity index (χ4n) is 1.85. The Morgan fingerprint density at radius 1 is 1.55 bits per heavy atom. The van der Waals surface area contributed by atoms with E-state index in [1.165, 1.54) is 19.4 Å². The highest BCUT2D eigenvalue weighted by atomic mass is 32.1. The Hall–Kier alpha value is -2.82. The fourth-order valence-corrected chi connectivity index (χ4v) is 2.56. The number of aryl methyl sites for hydroxylation is 2. The van der Waals surface area contributed by atoms with E-state index in [4.69, 9.17) is 5.11 Å². The van der Waals surface area contributed by atoms with Gasteiger partial charge in [-0.05, 0) is 6.92 Å². The van der Waals surface area contributed by atoms with Crippen LogP contribution in [0.2, 0.25) is 0 Å². The quantitative estimate of drug-likeness (QED) is 0.609. The molecule has 2 aromatic heterocycles. The number of aromatic nitrogens is 3. The molecule has 0 unspecified atom stereocenters. The molecule has 1 amide bonds. The summed E-state index contributed by atoms with van der Waals surface area (Å²) in [4.78, 5) is 37.0. The second-order valence-corrected chi connectivity index (χ2v) is 5.22. The molecule has 0 bridgehead atoms. The van der Waals surface area contributed by atoms with Crippen LogP contribution in [0.15, 0.2) is 5.38 Å². The second-order valence-electron chi connectivity index (χ2n) is 4.28. The minimum Gasteiger partial charge on any atom is -0.476 e. The number of aromatic carboxylic acids is 1. The van der Waals surface area contributed by atoms with Gasteiger partial charge in [-0.3, -0.25) is 19.6 Å². The number of carbonyl (C=O) groups excluding carboxylic acids is 1. The van der Waals surface area contributed by atoms with Gasteiger partial charge in [0.1, 0.15) is 10.7 Å². The summed E-state index contributed by atoms with van der Waals surface area (Å²) in [6.07, 6.45) is 0. The van der Waals surface area contributed by atoms with Crippen LogP contribution in [0.4, 0.5) is 5.69 Å². The Morgan fingerprint density at radius 2 is 2.23 bits per heavy atom. The van der Waals surface area contributed by atoms with Crippen LogP contribution in [0.3, 0.4) is 0 Å². The third-order valence-electron chi connectivity index (χ3n) is 2.76. The molecule has 0 aliphatic heterocycles. The van der Waals surface area contributed by atoms with Crippen molar-refractivity contribution in [2.45, 2.75) is 13.5 Å². The van der Waals surface area contributed by atoms with Crippen molar-refractivity contribution in [3.8, 4) is 0 Å². The number of rotatable bonds is 5. The third kappa shape index (κ3) is 2.93. The lowest BCUT2D eigenvalue weighted by Crippen LogP contribution is -2.26. The molecule has 2 N–H and O–H groups in total. The number of carboxylic acids is 1. The zero-order valence-corrected chi connectivity index (χ0v) is 12.4. The molecule has 11 heteroatoms. The number of carbonyl (C=O) groups is 2. The van der Waals surface area contributed by atoms with Gasteiger partial charge in [0.05, 0.1) is 11.5 Å². The molecule has 0 aromatic carbocycles. The summed E-state index contributed by atoms with van der Waals surface area (Å²) in [6, 6.07) is 0. The topological polar surface area (TPSA) is 140 Å². The van der Waals surface area contributed by atoms with Crippen molar-refractivity contribution in [2.75, 3.05) is 0 Å². The number of nitrogens with zero attached hydrogens (tertiary/aromatic N) is 4. The predicted molar refractivity (Wildman–Crippen MR) is 74.8 cm³/mol. The Kier molecular flexibility index (Phi) is 4.17. The van der Waals surface area contributed by atoms with Crippen molar-refractivity contribution in [1.29, 1.82) is 0 Å². The average Bonchev–Trinajstić information content (AvgIpc) is 3.00. The first-order valence-corrected chi connectivity index (χ1v) is 6.83. The van der Waals surface area contributed by atoms with Crippen LogP contribution < -0.4 is 5.32 Å². The maximum atomic E-state index is 12.1. The highest BCUT2D eigenvalue weighted by molar-refractivity contribution is 7.09. The van der Waals surface area contributed by atoms with E-state index in [1.807, 2.05) is 0 Å². The smallest absolute Gasteiger partial charge is 0.355 e. The second kappa shape index (κ2) is 5.89. The van der Waals surface area contributed by atoms with Crippen molar-refractivity contribution in [2.24, 2.45) is 7.05 Å². The van der Waals surface area contributed by atoms with E-state index >= 15 is 0 Å². The van der Waals surface area contributed by atoms with Crippen LogP contribution in [-0.4, -0.2) is 36.7 Å². The highest BCUT2D eigenvalue weighted by Gasteiger charge is 2.29. The van der Waals surface area contributed by atoms with Gasteiger partial charge in [0.15, 0.2) is 5.69 Å². The molecular weight excluding hydrogens is 314 g/mol. The molecule has 2 rings (SSSR count). The number of hydrogen-bond acceptors (Lipinski definition) is 7. The Bertz CT molecular complexity index is 765. The van der Waals surface area contributed by atoms with Crippen LogP contribution >= 0.6 is 11.3 Å². The van der Waals surface area contributed by atoms with Gasteiger partial charge in [-0.25, -0.2) is 9.78 Å². The number of nitro groups is 1. The van der Waals surface area contributed by atoms with Gasteiger partial charge < -0.3 is 10.4 Å².